The van der Waals surface area contributed by atoms with Crippen molar-refractivity contribution in [1.82, 2.24) is 10.2 Å². The fourth-order valence-corrected chi connectivity index (χ4v) is 3.09. The first-order chi connectivity index (χ1) is 11.4. The van der Waals surface area contributed by atoms with Crippen LogP contribution in [0.15, 0.2) is 24.3 Å². The van der Waals surface area contributed by atoms with E-state index in [1.54, 1.807) is 0 Å². The van der Waals surface area contributed by atoms with E-state index in [0.29, 0.717) is 13.1 Å². The lowest BCUT2D eigenvalue weighted by molar-refractivity contribution is -0.138. The number of carbonyl (C=O) groups excluding carboxylic acids is 1. The molecule has 0 bridgehead atoms. The second-order valence-electron chi connectivity index (χ2n) is 6.05. The smallest absolute Gasteiger partial charge is 0.395 e. The highest BCUT2D eigenvalue weighted by Gasteiger charge is 2.33. The van der Waals surface area contributed by atoms with Crippen molar-refractivity contribution in [1.29, 1.82) is 0 Å². The molecule has 0 radical (unpaired) electrons. The molecule has 1 saturated heterocycles. The third-order valence-electron chi connectivity index (χ3n) is 4.35. The number of amides is 1. The Morgan fingerprint density at radius 3 is 2.75 bits per heavy atom. The van der Waals surface area contributed by atoms with Crippen molar-refractivity contribution >= 4 is 5.91 Å². The minimum absolute atomic E-state index is 0.0197. The molecule has 1 aromatic rings. The zero-order valence-corrected chi connectivity index (χ0v) is 13.5. The number of alkyl halides is 3. The van der Waals surface area contributed by atoms with Crippen LogP contribution in [0.2, 0.25) is 0 Å². The van der Waals surface area contributed by atoms with Crippen molar-refractivity contribution in [2.45, 2.75) is 37.9 Å². The molecule has 0 aliphatic carbocycles. The molecule has 1 amide bonds. The number of aliphatic hydroxyl groups is 1. The molecule has 1 aliphatic heterocycles. The minimum atomic E-state index is -4.46. The van der Waals surface area contributed by atoms with E-state index in [1.807, 2.05) is 0 Å². The van der Waals surface area contributed by atoms with Crippen molar-refractivity contribution in [3.63, 3.8) is 0 Å². The molecule has 134 valence electrons. The largest absolute Gasteiger partial charge is 0.416 e. The van der Waals surface area contributed by atoms with Crippen LogP contribution in [0.5, 0.6) is 0 Å². The van der Waals surface area contributed by atoms with Gasteiger partial charge in [-0.05, 0) is 31.0 Å². The van der Waals surface area contributed by atoms with Gasteiger partial charge in [0.1, 0.15) is 0 Å². The number of halogens is 3. The second-order valence-corrected chi connectivity index (χ2v) is 6.05. The molecule has 0 spiro atoms. The summed E-state index contributed by atoms with van der Waals surface area (Å²) < 4.78 is 38.7. The summed E-state index contributed by atoms with van der Waals surface area (Å²) in [4.78, 5) is 14.1. The molecule has 0 aromatic heterocycles. The average Bonchev–Trinajstić information content (AvgIpc) is 2.55. The summed E-state index contributed by atoms with van der Waals surface area (Å²) in [5, 5.41) is 12.0. The Balaban J connectivity index is 1.84. The number of benzene rings is 1. The van der Waals surface area contributed by atoms with Gasteiger partial charge in [0.25, 0.3) is 0 Å². The van der Waals surface area contributed by atoms with Crippen LogP contribution < -0.4 is 5.32 Å². The lowest BCUT2D eigenvalue weighted by atomic mass is 10.0. The summed E-state index contributed by atoms with van der Waals surface area (Å²) in [6.07, 6.45) is -1.67. The van der Waals surface area contributed by atoms with Gasteiger partial charge in [0.15, 0.2) is 0 Å². The lowest BCUT2D eigenvalue weighted by Gasteiger charge is -2.34. The standard InChI is InChI=1S/C17H23F3N2O2/c18-17(19,20)15-7-2-1-5-13(15)11-16(24)21-8-10-22-9-4-3-6-14(22)12-23/h1-2,5,7,14,23H,3-4,6,8-12H2,(H,21,24)/t14-/m0/s1. The molecule has 7 heteroatoms. The molecule has 2 N–H and O–H groups in total. The highest BCUT2D eigenvalue weighted by molar-refractivity contribution is 5.79. The second kappa shape index (κ2) is 8.48. The quantitative estimate of drug-likeness (QED) is 0.832. The molecular formula is C17H23F3N2O2. The number of likely N-dealkylation sites (tertiary alicyclic amines) is 1. The van der Waals surface area contributed by atoms with E-state index in [1.165, 1.54) is 18.2 Å². The number of rotatable bonds is 6. The number of nitrogens with zero attached hydrogens (tertiary/aromatic N) is 1. The van der Waals surface area contributed by atoms with E-state index in [9.17, 15) is 23.1 Å². The van der Waals surface area contributed by atoms with Gasteiger partial charge in [-0.15, -0.1) is 0 Å². The van der Waals surface area contributed by atoms with Crippen LogP contribution in [0, 0.1) is 0 Å². The Hall–Kier alpha value is -1.60. The molecule has 4 nitrogen and oxygen atoms in total. The monoisotopic (exact) mass is 344 g/mol. The molecule has 0 saturated carbocycles. The van der Waals surface area contributed by atoms with E-state index in [4.69, 9.17) is 0 Å². The highest BCUT2D eigenvalue weighted by atomic mass is 19.4. The van der Waals surface area contributed by atoms with Crippen LogP contribution >= 0.6 is 0 Å². The first-order valence-corrected chi connectivity index (χ1v) is 8.18. The van der Waals surface area contributed by atoms with Crippen LogP contribution in [0.3, 0.4) is 0 Å². The van der Waals surface area contributed by atoms with Crippen molar-refractivity contribution in [3.8, 4) is 0 Å². The zero-order chi connectivity index (χ0) is 17.6. The molecular weight excluding hydrogens is 321 g/mol. The summed E-state index contributed by atoms with van der Waals surface area (Å²) in [7, 11) is 0. The van der Waals surface area contributed by atoms with Gasteiger partial charge in [-0.3, -0.25) is 9.69 Å². The van der Waals surface area contributed by atoms with Crippen LogP contribution in [0.4, 0.5) is 13.2 Å². The molecule has 0 unspecified atom stereocenters. The van der Waals surface area contributed by atoms with E-state index in [-0.39, 0.29) is 24.6 Å². The number of hydrogen-bond acceptors (Lipinski definition) is 3. The van der Waals surface area contributed by atoms with Crippen LogP contribution in [0.25, 0.3) is 0 Å². The summed E-state index contributed by atoms with van der Waals surface area (Å²) in [5.74, 6) is -0.427. The Morgan fingerprint density at radius 2 is 2.04 bits per heavy atom. The number of nitrogens with one attached hydrogen (secondary N) is 1. The van der Waals surface area contributed by atoms with Gasteiger partial charge >= 0.3 is 6.18 Å². The van der Waals surface area contributed by atoms with Crippen molar-refractivity contribution in [3.05, 3.63) is 35.4 Å². The molecule has 1 aromatic carbocycles. The fraction of sp³-hybridized carbons (Fsp3) is 0.588. The first kappa shape index (κ1) is 18.7. The van der Waals surface area contributed by atoms with Gasteiger partial charge < -0.3 is 10.4 Å². The molecule has 1 atom stereocenters. The normalized spacial score (nSPS) is 19.2. The molecule has 1 heterocycles. The van der Waals surface area contributed by atoms with Crippen molar-refractivity contribution in [2.24, 2.45) is 0 Å². The number of hydrogen-bond donors (Lipinski definition) is 2. The maximum absolute atomic E-state index is 12.9. The zero-order valence-electron chi connectivity index (χ0n) is 13.5. The van der Waals surface area contributed by atoms with Gasteiger partial charge in [-0.2, -0.15) is 13.2 Å². The molecule has 2 rings (SSSR count). The molecule has 1 aliphatic rings. The molecule has 1 fully saturated rings. The maximum Gasteiger partial charge on any atom is 0.416 e. The Bertz CT molecular complexity index is 549. The fourth-order valence-electron chi connectivity index (χ4n) is 3.09. The third-order valence-corrected chi connectivity index (χ3v) is 4.35. The Morgan fingerprint density at radius 1 is 1.29 bits per heavy atom. The van der Waals surface area contributed by atoms with Gasteiger partial charge in [0, 0.05) is 19.1 Å². The SMILES string of the molecule is O=C(Cc1ccccc1C(F)(F)F)NCCN1CCCC[C@H]1CO. The highest BCUT2D eigenvalue weighted by Crippen LogP contribution is 2.31. The molecule has 24 heavy (non-hydrogen) atoms. The Labute approximate surface area is 139 Å². The average molecular weight is 344 g/mol. The van der Waals surface area contributed by atoms with E-state index in [2.05, 4.69) is 10.2 Å². The van der Waals surface area contributed by atoms with Crippen molar-refractivity contribution in [2.75, 3.05) is 26.2 Å². The third kappa shape index (κ3) is 5.21. The van der Waals surface area contributed by atoms with Crippen LogP contribution in [-0.4, -0.2) is 48.2 Å². The summed E-state index contributed by atoms with van der Waals surface area (Å²) >= 11 is 0. The van der Waals surface area contributed by atoms with Gasteiger partial charge in [-0.25, -0.2) is 0 Å². The van der Waals surface area contributed by atoms with E-state index < -0.39 is 17.6 Å². The van der Waals surface area contributed by atoms with E-state index in [0.717, 1.165) is 31.9 Å². The predicted molar refractivity (Wildman–Crippen MR) is 84.5 cm³/mol. The predicted octanol–water partition coefficient (Wildman–Crippen LogP) is 2.21. The number of aliphatic hydroxyl groups excluding tert-OH is 1. The van der Waals surface area contributed by atoms with Gasteiger partial charge in [0.2, 0.25) is 5.91 Å². The lowest BCUT2D eigenvalue weighted by Crippen LogP contribution is -2.45. The van der Waals surface area contributed by atoms with Gasteiger partial charge in [0.05, 0.1) is 18.6 Å². The first-order valence-electron chi connectivity index (χ1n) is 8.18. The van der Waals surface area contributed by atoms with Crippen LogP contribution in [-0.2, 0) is 17.4 Å². The minimum Gasteiger partial charge on any atom is -0.395 e. The van der Waals surface area contributed by atoms with Crippen LogP contribution in [0.1, 0.15) is 30.4 Å². The number of piperidine rings is 1. The van der Waals surface area contributed by atoms with Gasteiger partial charge in [-0.1, -0.05) is 24.6 Å². The van der Waals surface area contributed by atoms with E-state index >= 15 is 0 Å². The topological polar surface area (TPSA) is 52.6 Å². The van der Waals surface area contributed by atoms with Crippen molar-refractivity contribution < 1.29 is 23.1 Å². The summed E-state index contributed by atoms with van der Waals surface area (Å²) in [6.45, 7) is 1.92. The summed E-state index contributed by atoms with van der Waals surface area (Å²) in [6, 6.07) is 5.24. The maximum atomic E-state index is 12.9. The summed E-state index contributed by atoms with van der Waals surface area (Å²) in [5.41, 5.74) is -0.787. The number of carbonyl (C=O) groups is 1. The Kier molecular flexibility index (Phi) is 6.62.